The van der Waals surface area contributed by atoms with Crippen LogP contribution in [0.3, 0.4) is 0 Å². The molecule has 196 valence electrons. The Morgan fingerprint density at radius 2 is 1.69 bits per heavy atom. The molecule has 0 saturated heterocycles. The average molecular weight is 536 g/mol. The Balaban J connectivity index is 1.79. The van der Waals surface area contributed by atoms with Gasteiger partial charge in [-0.05, 0) is 63.7 Å². The van der Waals surface area contributed by atoms with Gasteiger partial charge in [-0.2, -0.15) is 0 Å². The molecule has 0 spiro atoms. The van der Waals surface area contributed by atoms with Gasteiger partial charge in [0.25, 0.3) is 5.91 Å². The highest BCUT2D eigenvalue weighted by atomic mass is 35.5. The predicted octanol–water partition coefficient (Wildman–Crippen LogP) is 5.29. The number of carbonyl (C=O) groups is 3. The summed E-state index contributed by atoms with van der Waals surface area (Å²) in [6.45, 7) is 8.06. The van der Waals surface area contributed by atoms with Crippen LogP contribution in [0.15, 0.2) is 29.2 Å². The number of rotatable bonds is 9. The summed E-state index contributed by atoms with van der Waals surface area (Å²) in [5.41, 5.74) is 7.13. The molecule has 9 heteroatoms. The van der Waals surface area contributed by atoms with Crippen LogP contribution in [0.2, 0.25) is 10.0 Å². The van der Waals surface area contributed by atoms with Gasteiger partial charge in [-0.25, -0.2) is 0 Å². The highest BCUT2D eigenvalue weighted by molar-refractivity contribution is 6.39. The van der Waals surface area contributed by atoms with Crippen LogP contribution in [-0.4, -0.2) is 52.2 Å². The summed E-state index contributed by atoms with van der Waals surface area (Å²) in [4.78, 5) is 48.8. The van der Waals surface area contributed by atoms with Crippen molar-refractivity contribution in [2.24, 2.45) is 28.0 Å². The largest absolute Gasteiger partial charge is 0.404 e. The van der Waals surface area contributed by atoms with Crippen molar-refractivity contribution in [3.8, 4) is 0 Å². The van der Waals surface area contributed by atoms with Crippen molar-refractivity contribution in [3.05, 3.63) is 39.8 Å². The number of carbonyl (C=O) groups excluding carboxylic acids is 3. The minimum atomic E-state index is -0.354. The molecule has 2 saturated carbocycles. The molecule has 2 N–H and O–H groups in total. The molecule has 0 atom stereocenters. The topological polar surface area (TPSA) is 106 Å². The summed E-state index contributed by atoms with van der Waals surface area (Å²) in [5, 5.41) is 0.302. The second kappa shape index (κ2) is 11.9. The number of halogens is 2. The van der Waals surface area contributed by atoms with Crippen molar-refractivity contribution in [2.75, 3.05) is 13.1 Å². The maximum absolute atomic E-state index is 13.7. The maximum Gasteiger partial charge on any atom is 0.257 e. The fourth-order valence-corrected chi connectivity index (χ4v) is 6.14. The Bertz CT molecular complexity index is 1050. The maximum atomic E-state index is 13.7. The molecule has 1 aromatic heterocycles. The smallest absolute Gasteiger partial charge is 0.257 e. The predicted molar refractivity (Wildman–Crippen MR) is 143 cm³/mol. The summed E-state index contributed by atoms with van der Waals surface area (Å²) in [6, 6.07) is 0.0419. The molecule has 2 aliphatic carbocycles. The molecule has 3 rings (SSSR count). The fourth-order valence-electron chi connectivity index (χ4n) is 5.57. The number of Topliss-reactive ketones (excluding diaryl/α,β-unsaturated/α-hetero) is 2. The lowest BCUT2D eigenvalue weighted by molar-refractivity contribution is -0.128. The first-order valence-corrected chi connectivity index (χ1v) is 13.3. The molecule has 2 fully saturated rings. The third kappa shape index (κ3) is 6.94. The van der Waals surface area contributed by atoms with E-state index in [1.54, 1.807) is 18.7 Å². The summed E-state index contributed by atoms with van der Waals surface area (Å²) < 4.78 is 0. The fraction of sp³-hybridized carbons (Fsp3) is 0.593. The summed E-state index contributed by atoms with van der Waals surface area (Å²) in [7, 11) is 0. The first-order chi connectivity index (χ1) is 16.9. The Kier molecular flexibility index (Phi) is 9.33. The van der Waals surface area contributed by atoms with Gasteiger partial charge >= 0.3 is 0 Å². The van der Waals surface area contributed by atoms with E-state index < -0.39 is 0 Å². The molecule has 1 aromatic rings. The van der Waals surface area contributed by atoms with E-state index >= 15 is 0 Å². The van der Waals surface area contributed by atoms with Gasteiger partial charge in [0, 0.05) is 36.8 Å². The van der Waals surface area contributed by atoms with Gasteiger partial charge in [-0.15, -0.1) is 0 Å². The number of ketones is 2. The van der Waals surface area contributed by atoms with E-state index in [0.29, 0.717) is 18.2 Å². The lowest BCUT2D eigenvalue weighted by Gasteiger charge is -2.44. The van der Waals surface area contributed by atoms with Crippen LogP contribution in [0.25, 0.3) is 0 Å². The van der Waals surface area contributed by atoms with Crippen molar-refractivity contribution in [1.29, 1.82) is 0 Å². The van der Waals surface area contributed by atoms with Crippen LogP contribution < -0.4 is 5.73 Å². The van der Waals surface area contributed by atoms with Crippen LogP contribution in [-0.2, 0) is 9.59 Å². The van der Waals surface area contributed by atoms with E-state index in [1.165, 1.54) is 18.6 Å². The van der Waals surface area contributed by atoms with E-state index in [9.17, 15) is 14.4 Å². The minimum absolute atomic E-state index is 0.0419. The highest BCUT2D eigenvalue weighted by Crippen LogP contribution is 2.45. The Morgan fingerprint density at radius 3 is 2.19 bits per heavy atom. The lowest BCUT2D eigenvalue weighted by Crippen LogP contribution is -2.46. The third-order valence-electron chi connectivity index (χ3n) is 7.35. The number of hydrogen-bond donors (Lipinski definition) is 1. The minimum Gasteiger partial charge on any atom is -0.404 e. The van der Waals surface area contributed by atoms with E-state index in [2.05, 4.69) is 18.8 Å². The second-order valence-electron chi connectivity index (χ2n) is 10.9. The van der Waals surface area contributed by atoms with Crippen molar-refractivity contribution < 1.29 is 14.4 Å². The van der Waals surface area contributed by atoms with Crippen LogP contribution in [0.4, 0.5) is 0 Å². The number of amides is 1. The van der Waals surface area contributed by atoms with E-state index in [-0.39, 0.29) is 62.6 Å². The van der Waals surface area contributed by atoms with Crippen molar-refractivity contribution in [2.45, 2.75) is 72.3 Å². The summed E-state index contributed by atoms with van der Waals surface area (Å²) in [6.07, 6.45) is 9.14. The van der Waals surface area contributed by atoms with Crippen molar-refractivity contribution >= 4 is 46.4 Å². The molecule has 1 amide bonds. The molecule has 0 unspecified atom stereocenters. The van der Waals surface area contributed by atoms with Crippen molar-refractivity contribution in [3.63, 3.8) is 0 Å². The number of pyridine rings is 1. The Hall–Kier alpha value is -2.25. The van der Waals surface area contributed by atoms with Crippen LogP contribution in [0, 0.1) is 17.3 Å². The van der Waals surface area contributed by atoms with Crippen molar-refractivity contribution in [1.82, 2.24) is 9.88 Å². The summed E-state index contributed by atoms with van der Waals surface area (Å²) >= 11 is 12.4. The van der Waals surface area contributed by atoms with E-state index in [0.717, 1.165) is 38.5 Å². The first kappa shape index (κ1) is 28.3. The number of aliphatic imine (C=N–C) groups is 1. The van der Waals surface area contributed by atoms with E-state index in [4.69, 9.17) is 33.9 Å². The molecule has 0 aromatic carbocycles. The van der Waals surface area contributed by atoms with Gasteiger partial charge in [-0.1, -0.05) is 37.0 Å². The van der Waals surface area contributed by atoms with E-state index in [1.807, 2.05) is 0 Å². The van der Waals surface area contributed by atoms with Crippen LogP contribution >= 0.6 is 23.2 Å². The molecule has 0 aliphatic heterocycles. The van der Waals surface area contributed by atoms with Crippen LogP contribution in [0.5, 0.6) is 0 Å². The third-order valence-corrected chi connectivity index (χ3v) is 7.92. The van der Waals surface area contributed by atoms with Gasteiger partial charge in [0.2, 0.25) is 0 Å². The van der Waals surface area contributed by atoms with Crippen LogP contribution in [0.1, 0.15) is 76.6 Å². The molecule has 2 aliphatic rings. The van der Waals surface area contributed by atoms with Gasteiger partial charge in [0.1, 0.15) is 5.78 Å². The van der Waals surface area contributed by atoms with Gasteiger partial charge in [0.05, 0.1) is 33.8 Å². The first-order valence-electron chi connectivity index (χ1n) is 12.5. The highest BCUT2D eigenvalue weighted by Gasteiger charge is 2.38. The number of nitrogens with two attached hydrogens (primary N) is 1. The zero-order valence-electron chi connectivity index (χ0n) is 21.5. The van der Waals surface area contributed by atoms with Gasteiger partial charge in [-0.3, -0.25) is 24.4 Å². The molecule has 7 nitrogen and oxygen atoms in total. The monoisotopic (exact) mass is 534 g/mol. The number of nitrogens with zero attached hydrogens (tertiary/aromatic N) is 3. The molecule has 36 heavy (non-hydrogen) atoms. The standard InChI is InChI=1S/C27H36Cl2N4O3/c1-16(32-20-7-5-19(6-8-20)17(2)34)21(11-30)26(36)33(14-18-9-27(3,4)10-18)15-24(35)25-22(28)12-31-13-23(25)29/h11-13,18-20H,5-10,14-15,30H2,1-4H3. The summed E-state index contributed by atoms with van der Waals surface area (Å²) in [5.74, 6) is -0.0784. The quantitative estimate of drug-likeness (QED) is 0.263. The Labute approximate surface area is 223 Å². The molecular weight excluding hydrogens is 499 g/mol. The second-order valence-corrected chi connectivity index (χ2v) is 11.8. The molecular formula is C27H36Cl2N4O3. The molecule has 0 bridgehead atoms. The zero-order chi connectivity index (χ0) is 26.6. The average Bonchev–Trinajstić information content (AvgIpc) is 2.78. The van der Waals surface area contributed by atoms with Gasteiger partial charge in [0.15, 0.2) is 5.78 Å². The molecule has 1 heterocycles. The van der Waals surface area contributed by atoms with Gasteiger partial charge < -0.3 is 10.6 Å². The number of aromatic nitrogens is 1. The SMILES string of the molecule is CC(=O)C1CCC(N=C(C)C(=CN)C(=O)N(CC(=O)c2c(Cl)cncc2Cl)CC2CC(C)(C)C2)CC1. The zero-order valence-corrected chi connectivity index (χ0v) is 23.0. The lowest BCUT2D eigenvalue weighted by atomic mass is 9.64. The number of hydrogen-bond acceptors (Lipinski definition) is 6. The normalized spacial score (nSPS) is 22.6. The molecule has 0 radical (unpaired) electrons. The Morgan fingerprint density at radius 1 is 1.11 bits per heavy atom.